The average molecular weight is 361 g/mol. The summed E-state index contributed by atoms with van der Waals surface area (Å²) in [5, 5.41) is 10.8. The number of hydrogen-bond donors (Lipinski definition) is 2. The van der Waals surface area contributed by atoms with Crippen molar-refractivity contribution in [3.8, 4) is 5.75 Å². The van der Waals surface area contributed by atoms with Gasteiger partial charge in [0.2, 0.25) is 0 Å². The van der Waals surface area contributed by atoms with Crippen LogP contribution in [0.2, 0.25) is 0 Å². The zero-order valence-corrected chi connectivity index (χ0v) is 14.0. The molecule has 8 nitrogen and oxygen atoms in total. The topological polar surface area (TPSA) is 111 Å². The van der Waals surface area contributed by atoms with Crippen LogP contribution in [0.1, 0.15) is 22.8 Å². The maximum atomic E-state index is 13.5. The van der Waals surface area contributed by atoms with Crippen LogP contribution < -0.4 is 15.6 Å². The highest BCUT2D eigenvalue weighted by Crippen LogP contribution is 2.18. The summed E-state index contributed by atoms with van der Waals surface area (Å²) in [5.74, 6) is -2.17. The van der Waals surface area contributed by atoms with Crippen molar-refractivity contribution < 1.29 is 23.6 Å². The number of non-ortho nitro benzene ring substituents is 1. The Morgan fingerprint density at radius 3 is 2.54 bits per heavy atom. The van der Waals surface area contributed by atoms with Gasteiger partial charge in [-0.05, 0) is 31.5 Å². The SMILES string of the molecule is Cc1ccc([N+](=O)[O-])cc1C(=O)NNC(=O)C(C)Oc1ccccc1F. The maximum Gasteiger partial charge on any atom is 0.279 e. The van der Waals surface area contributed by atoms with E-state index in [1.165, 1.54) is 37.3 Å². The van der Waals surface area contributed by atoms with Gasteiger partial charge >= 0.3 is 0 Å². The highest BCUT2D eigenvalue weighted by atomic mass is 19.1. The molecular formula is C17H16FN3O5. The Bertz CT molecular complexity index is 856. The molecule has 2 aromatic carbocycles. The van der Waals surface area contributed by atoms with E-state index in [-0.39, 0.29) is 17.0 Å². The summed E-state index contributed by atoms with van der Waals surface area (Å²) in [5.41, 5.74) is 4.59. The number of rotatable bonds is 5. The number of nitrogens with zero attached hydrogens (tertiary/aromatic N) is 1. The maximum absolute atomic E-state index is 13.5. The van der Waals surface area contributed by atoms with Crippen molar-refractivity contribution in [2.75, 3.05) is 0 Å². The first-order chi connectivity index (χ1) is 12.3. The predicted molar refractivity (Wildman–Crippen MR) is 89.9 cm³/mol. The molecule has 0 bridgehead atoms. The molecule has 0 radical (unpaired) electrons. The number of ether oxygens (including phenoxy) is 1. The fraction of sp³-hybridized carbons (Fsp3) is 0.176. The van der Waals surface area contributed by atoms with Gasteiger partial charge in [-0.1, -0.05) is 18.2 Å². The molecule has 1 unspecified atom stereocenters. The molecule has 0 spiro atoms. The number of para-hydroxylation sites is 1. The number of nitrogens with one attached hydrogen (secondary N) is 2. The predicted octanol–water partition coefficient (Wildman–Crippen LogP) is 2.27. The van der Waals surface area contributed by atoms with Crippen molar-refractivity contribution in [2.45, 2.75) is 20.0 Å². The molecule has 0 aliphatic rings. The summed E-state index contributed by atoms with van der Waals surface area (Å²) in [6.07, 6.45) is -1.08. The molecule has 1 atom stereocenters. The van der Waals surface area contributed by atoms with Gasteiger partial charge in [0.1, 0.15) is 0 Å². The van der Waals surface area contributed by atoms with Crippen LogP contribution in [0.15, 0.2) is 42.5 Å². The van der Waals surface area contributed by atoms with Gasteiger partial charge in [-0.15, -0.1) is 0 Å². The zero-order valence-electron chi connectivity index (χ0n) is 14.0. The molecule has 2 amide bonds. The summed E-state index contributed by atoms with van der Waals surface area (Å²) < 4.78 is 18.7. The summed E-state index contributed by atoms with van der Waals surface area (Å²) >= 11 is 0. The van der Waals surface area contributed by atoms with Gasteiger partial charge in [-0.25, -0.2) is 4.39 Å². The summed E-state index contributed by atoms with van der Waals surface area (Å²) in [6.45, 7) is 2.98. The fourth-order valence-corrected chi connectivity index (χ4v) is 2.04. The van der Waals surface area contributed by atoms with Crippen molar-refractivity contribution >= 4 is 17.5 Å². The number of benzene rings is 2. The Morgan fingerprint density at radius 2 is 1.88 bits per heavy atom. The van der Waals surface area contributed by atoms with Gasteiger partial charge in [-0.2, -0.15) is 0 Å². The molecule has 136 valence electrons. The lowest BCUT2D eigenvalue weighted by Crippen LogP contribution is -2.47. The molecule has 26 heavy (non-hydrogen) atoms. The number of amides is 2. The van der Waals surface area contributed by atoms with Gasteiger partial charge < -0.3 is 4.74 Å². The van der Waals surface area contributed by atoms with E-state index in [1.807, 2.05) is 0 Å². The molecule has 0 aromatic heterocycles. The summed E-state index contributed by atoms with van der Waals surface area (Å²) in [7, 11) is 0. The third-order valence-electron chi connectivity index (χ3n) is 3.49. The number of nitro benzene ring substituents is 1. The van der Waals surface area contributed by atoms with Gasteiger partial charge in [0.05, 0.1) is 10.5 Å². The van der Waals surface area contributed by atoms with E-state index in [0.717, 1.165) is 6.07 Å². The van der Waals surface area contributed by atoms with Crippen LogP contribution in [-0.4, -0.2) is 22.8 Å². The minimum atomic E-state index is -1.08. The molecular weight excluding hydrogens is 345 g/mol. The molecule has 0 aliphatic heterocycles. The first-order valence-electron chi connectivity index (χ1n) is 7.56. The van der Waals surface area contributed by atoms with E-state index in [2.05, 4.69) is 10.9 Å². The van der Waals surface area contributed by atoms with Crippen molar-refractivity contribution in [3.63, 3.8) is 0 Å². The van der Waals surface area contributed by atoms with Crippen LogP contribution in [0.25, 0.3) is 0 Å². The normalized spacial score (nSPS) is 11.3. The highest BCUT2D eigenvalue weighted by Gasteiger charge is 2.19. The standard InChI is InChI=1S/C17H16FN3O5/c1-10-7-8-12(21(24)25)9-13(10)17(23)20-19-16(22)11(2)26-15-6-4-3-5-14(15)18/h3-9,11H,1-2H3,(H,19,22)(H,20,23). The van der Waals surface area contributed by atoms with Gasteiger partial charge in [0.15, 0.2) is 17.7 Å². The van der Waals surface area contributed by atoms with Crippen LogP contribution in [-0.2, 0) is 4.79 Å². The minimum Gasteiger partial charge on any atom is -0.478 e. The number of carbonyl (C=O) groups is 2. The first kappa shape index (κ1) is 18.8. The van der Waals surface area contributed by atoms with Crippen molar-refractivity contribution in [1.29, 1.82) is 0 Å². The Morgan fingerprint density at radius 1 is 1.19 bits per heavy atom. The number of halogens is 1. The largest absolute Gasteiger partial charge is 0.478 e. The van der Waals surface area contributed by atoms with Gasteiger partial charge in [0, 0.05) is 12.1 Å². The third kappa shape index (κ3) is 4.53. The second-order valence-electron chi connectivity index (χ2n) is 5.39. The van der Waals surface area contributed by atoms with Crippen LogP contribution in [0.4, 0.5) is 10.1 Å². The number of nitro groups is 1. The molecule has 0 fully saturated rings. The molecule has 9 heteroatoms. The molecule has 0 heterocycles. The van der Waals surface area contributed by atoms with E-state index in [0.29, 0.717) is 5.56 Å². The Labute approximate surface area is 148 Å². The van der Waals surface area contributed by atoms with E-state index in [4.69, 9.17) is 4.74 Å². The lowest BCUT2D eigenvalue weighted by Gasteiger charge is -2.15. The first-order valence-corrected chi connectivity index (χ1v) is 7.56. The number of carbonyl (C=O) groups excluding carboxylic acids is 2. The van der Waals surface area contributed by atoms with Crippen LogP contribution in [0.5, 0.6) is 5.75 Å². The van der Waals surface area contributed by atoms with Crippen molar-refractivity contribution in [3.05, 3.63) is 69.5 Å². The monoisotopic (exact) mass is 361 g/mol. The molecule has 0 saturated carbocycles. The second kappa shape index (κ2) is 8.06. The van der Waals surface area contributed by atoms with Gasteiger partial charge in [0.25, 0.3) is 17.5 Å². The van der Waals surface area contributed by atoms with Gasteiger partial charge in [-0.3, -0.25) is 30.6 Å². The van der Waals surface area contributed by atoms with E-state index in [1.54, 1.807) is 13.0 Å². The fourth-order valence-electron chi connectivity index (χ4n) is 2.04. The molecule has 2 rings (SSSR count). The van der Waals surface area contributed by atoms with Crippen molar-refractivity contribution in [2.24, 2.45) is 0 Å². The molecule has 2 N–H and O–H groups in total. The minimum absolute atomic E-state index is 0.0437. The lowest BCUT2D eigenvalue weighted by atomic mass is 10.1. The van der Waals surface area contributed by atoms with E-state index < -0.39 is 28.7 Å². The number of hydrogen-bond acceptors (Lipinski definition) is 5. The van der Waals surface area contributed by atoms with E-state index in [9.17, 15) is 24.1 Å². The molecule has 2 aromatic rings. The number of aryl methyl sites for hydroxylation is 1. The highest BCUT2D eigenvalue weighted by molar-refractivity contribution is 5.97. The summed E-state index contributed by atoms with van der Waals surface area (Å²) in [6, 6.07) is 9.39. The van der Waals surface area contributed by atoms with Crippen LogP contribution >= 0.6 is 0 Å². The smallest absolute Gasteiger partial charge is 0.279 e. The second-order valence-corrected chi connectivity index (χ2v) is 5.39. The van der Waals surface area contributed by atoms with Crippen LogP contribution in [0.3, 0.4) is 0 Å². The zero-order chi connectivity index (χ0) is 19.3. The molecule has 0 aliphatic carbocycles. The molecule has 0 saturated heterocycles. The number of hydrazine groups is 1. The van der Waals surface area contributed by atoms with E-state index >= 15 is 0 Å². The average Bonchev–Trinajstić information content (AvgIpc) is 2.61. The van der Waals surface area contributed by atoms with Crippen LogP contribution in [0, 0.1) is 22.9 Å². The lowest BCUT2D eigenvalue weighted by molar-refractivity contribution is -0.384. The third-order valence-corrected chi connectivity index (χ3v) is 3.49. The quantitative estimate of drug-likeness (QED) is 0.627. The summed E-state index contributed by atoms with van der Waals surface area (Å²) in [4.78, 5) is 34.3. The Hall–Kier alpha value is -3.49. The Balaban J connectivity index is 1.98. The Kier molecular flexibility index (Phi) is 5.84. The van der Waals surface area contributed by atoms with Crippen molar-refractivity contribution in [1.82, 2.24) is 10.9 Å².